The highest BCUT2D eigenvalue weighted by molar-refractivity contribution is 7.17. The van der Waals surface area contributed by atoms with Gasteiger partial charge in [0.25, 0.3) is 5.69 Å². The fourth-order valence-electron chi connectivity index (χ4n) is 1.32. The van der Waals surface area contributed by atoms with E-state index in [1.54, 1.807) is 11.4 Å². The van der Waals surface area contributed by atoms with E-state index in [0.717, 1.165) is 4.70 Å². The van der Waals surface area contributed by atoms with Crippen LogP contribution >= 0.6 is 11.3 Å². The number of benzene rings is 1. The van der Waals surface area contributed by atoms with E-state index in [-0.39, 0.29) is 5.69 Å². The first kappa shape index (κ1) is 9.60. The molecule has 6 heteroatoms. The minimum absolute atomic E-state index is 0.0385. The third kappa shape index (κ3) is 1.55. The van der Waals surface area contributed by atoms with Crippen LogP contribution in [0.3, 0.4) is 0 Å². The van der Waals surface area contributed by atoms with Gasteiger partial charge in [-0.1, -0.05) is 0 Å². The number of nitro benzene ring substituents is 1. The number of nitrogens with zero attached hydrogens (tertiary/aromatic N) is 1. The topological polar surface area (TPSA) is 86.2 Å². The number of primary amides is 1. The maximum absolute atomic E-state index is 11.0. The molecule has 2 N–H and O–H groups in total. The number of nitrogens with two attached hydrogens (primary N) is 1. The lowest BCUT2D eigenvalue weighted by Crippen LogP contribution is -2.09. The number of amides is 1. The molecule has 76 valence electrons. The molecule has 0 aliphatic carbocycles. The summed E-state index contributed by atoms with van der Waals surface area (Å²) in [6.45, 7) is 0. The highest BCUT2D eigenvalue weighted by Crippen LogP contribution is 2.29. The average molecular weight is 222 g/mol. The zero-order valence-corrected chi connectivity index (χ0v) is 8.28. The second-order valence-corrected chi connectivity index (χ2v) is 3.86. The Labute approximate surface area is 88.3 Å². The fraction of sp³-hybridized carbons (Fsp3) is 0. The summed E-state index contributed by atoms with van der Waals surface area (Å²) in [4.78, 5) is 21.1. The monoisotopic (exact) mass is 222 g/mol. The van der Waals surface area contributed by atoms with Gasteiger partial charge in [0.05, 0.1) is 10.5 Å². The van der Waals surface area contributed by atoms with Crippen LogP contribution in [0.2, 0.25) is 0 Å². The van der Waals surface area contributed by atoms with Gasteiger partial charge >= 0.3 is 0 Å². The van der Waals surface area contributed by atoms with Crippen LogP contribution in [0.5, 0.6) is 0 Å². The first-order valence-corrected chi connectivity index (χ1v) is 4.93. The van der Waals surface area contributed by atoms with Crippen molar-refractivity contribution in [2.45, 2.75) is 0 Å². The van der Waals surface area contributed by atoms with Gasteiger partial charge in [-0.2, -0.15) is 0 Å². The summed E-state index contributed by atoms with van der Waals surface area (Å²) < 4.78 is 0.814. The van der Waals surface area contributed by atoms with Crippen molar-refractivity contribution in [3.8, 4) is 0 Å². The van der Waals surface area contributed by atoms with E-state index in [1.807, 2.05) is 0 Å². The lowest BCUT2D eigenvalue weighted by Gasteiger charge is -1.94. The molecule has 1 heterocycles. The van der Waals surface area contributed by atoms with Crippen molar-refractivity contribution in [1.82, 2.24) is 0 Å². The molecule has 15 heavy (non-hydrogen) atoms. The summed E-state index contributed by atoms with van der Waals surface area (Å²) >= 11 is 1.34. The van der Waals surface area contributed by atoms with E-state index in [1.165, 1.54) is 23.5 Å². The first-order chi connectivity index (χ1) is 7.09. The summed E-state index contributed by atoms with van der Waals surface area (Å²) in [5, 5.41) is 12.7. The molecule has 0 bridgehead atoms. The van der Waals surface area contributed by atoms with E-state index >= 15 is 0 Å². The molecule has 0 atom stereocenters. The Bertz CT molecular complexity index is 561. The Morgan fingerprint density at radius 1 is 1.47 bits per heavy atom. The fourth-order valence-corrected chi connectivity index (χ4v) is 2.25. The van der Waals surface area contributed by atoms with Gasteiger partial charge in [-0.25, -0.2) is 0 Å². The molecule has 1 aromatic heterocycles. The number of carbonyl (C=O) groups is 1. The van der Waals surface area contributed by atoms with Crippen LogP contribution in [0.25, 0.3) is 10.1 Å². The Morgan fingerprint density at radius 2 is 2.20 bits per heavy atom. The number of rotatable bonds is 2. The van der Waals surface area contributed by atoms with Crippen molar-refractivity contribution >= 4 is 33.0 Å². The van der Waals surface area contributed by atoms with Crippen LogP contribution in [0.4, 0.5) is 5.69 Å². The Balaban J connectivity index is 2.72. The van der Waals surface area contributed by atoms with Gasteiger partial charge in [-0.05, 0) is 6.07 Å². The van der Waals surface area contributed by atoms with Crippen LogP contribution in [0, 0.1) is 10.1 Å². The van der Waals surface area contributed by atoms with Crippen molar-refractivity contribution in [2.24, 2.45) is 5.73 Å². The number of fused-ring (bicyclic) bond motifs is 1. The number of non-ortho nitro benzene ring substituents is 1. The summed E-state index contributed by atoms with van der Waals surface area (Å²) in [5.41, 5.74) is 5.44. The van der Waals surface area contributed by atoms with E-state index in [0.29, 0.717) is 10.9 Å². The summed E-state index contributed by atoms with van der Waals surface area (Å²) in [6, 6.07) is 4.39. The minimum Gasteiger partial charge on any atom is -0.366 e. The molecule has 0 saturated carbocycles. The SMILES string of the molecule is NC(=O)c1csc2ccc([N+](=O)[O-])cc12. The predicted molar refractivity (Wildman–Crippen MR) is 57.0 cm³/mol. The number of thiophene rings is 1. The van der Waals surface area contributed by atoms with Gasteiger partial charge in [0, 0.05) is 27.6 Å². The smallest absolute Gasteiger partial charge is 0.270 e. The molecule has 2 aromatic rings. The highest BCUT2D eigenvalue weighted by atomic mass is 32.1. The lowest BCUT2D eigenvalue weighted by atomic mass is 10.1. The van der Waals surface area contributed by atoms with Gasteiger partial charge in [0.1, 0.15) is 0 Å². The molecule has 0 aliphatic heterocycles. The summed E-state index contributed by atoms with van der Waals surface area (Å²) in [7, 11) is 0. The van der Waals surface area contributed by atoms with E-state index < -0.39 is 10.8 Å². The summed E-state index contributed by atoms with van der Waals surface area (Å²) in [5.74, 6) is -0.568. The normalized spacial score (nSPS) is 10.4. The molecule has 1 aromatic carbocycles. The maximum Gasteiger partial charge on any atom is 0.270 e. The maximum atomic E-state index is 11.0. The standard InChI is InChI=1S/C9H6N2O3S/c10-9(12)7-4-15-8-2-1-5(11(13)14)3-6(7)8/h1-4H,(H2,10,12). The largest absolute Gasteiger partial charge is 0.366 e. The van der Waals surface area contributed by atoms with Crippen molar-refractivity contribution in [3.63, 3.8) is 0 Å². The van der Waals surface area contributed by atoms with Crippen molar-refractivity contribution in [1.29, 1.82) is 0 Å². The third-order valence-electron chi connectivity index (χ3n) is 2.03. The highest BCUT2D eigenvalue weighted by Gasteiger charge is 2.13. The molecule has 0 spiro atoms. The predicted octanol–water partition coefficient (Wildman–Crippen LogP) is 1.91. The zero-order chi connectivity index (χ0) is 11.0. The number of hydrogen-bond donors (Lipinski definition) is 1. The second-order valence-electron chi connectivity index (χ2n) is 2.95. The number of nitro groups is 1. The second kappa shape index (κ2) is 3.32. The van der Waals surface area contributed by atoms with E-state index in [4.69, 9.17) is 5.73 Å². The van der Waals surface area contributed by atoms with Gasteiger partial charge in [-0.3, -0.25) is 14.9 Å². The van der Waals surface area contributed by atoms with Crippen LogP contribution in [-0.4, -0.2) is 10.8 Å². The Kier molecular flexibility index (Phi) is 2.12. The molecular formula is C9H6N2O3S. The first-order valence-electron chi connectivity index (χ1n) is 4.05. The summed E-state index contributed by atoms with van der Waals surface area (Å²) in [6.07, 6.45) is 0. The number of hydrogen-bond acceptors (Lipinski definition) is 4. The van der Waals surface area contributed by atoms with Gasteiger partial charge < -0.3 is 5.73 Å². The zero-order valence-electron chi connectivity index (χ0n) is 7.47. The Hall–Kier alpha value is -1.95. The third-order valence-corrected chi connectivity index (χ3v) is 3.00. The van der Waals surface area contributed by atoms with Crippen LogP contribution in [0.15, 0.2) is 23.6 Å². The minimum atomic E-state index is -0.568. The number of carbonyl (C=O) groups excluding carboxylic acids is 1. The molecule has 0 saturated heterocycles. The van der Waals surface area contributed by atoms with Gasteiger partial charge in [0.15, 0.2) is 0 Å². The molecule has 5 nitrogen and oxygen atoms in total. The van der Waals surface area contributed by atoms with Crippen molar-refractivity contribution < 1.29 is 9.72 Å². The quantitative estimate of drug-likeness (QED) is 0.622. The lowest BCUT2D eigenvalue weighted by molar-refractivity contribution is -0.384. The Morgan fingerprint density at radius 3 is 2.80 bits per heavy atom. The molecule has 0 fully saturated rings. The van der Waals surface area contributed by atoms with Crippen LogP contribution in [-0.2, 0) is 0 Å². The van der Waals surface area contributed by atoms with Gasteiger partial charge in [0.2, 0.25) is 5.91 Å². The molecule has 0 unspecified atom stereocenters. The molecule has 1 amide bonds. The average Bonchev–Trinajstić information content (AvgIpc) is 2.59. The molecule has 0 radical (unpaired) electrons. The van der Waals surface area contributed by atoms with Crippen molar-refractivity contribution in [2.75, 3.05) is 0 Å². The van der Waals surface area contributed by atoms with E-state index in [2.05, 4.69) is 0 Å². The van der Waals surface area contributed by atoms with Gasteiger partial charge in [-0.15, -0.1) is 11.3 Å². The molecular weight excluding hydrogens is 216 g/mol. The van der Waals surface area contributed by atoms with Crippen molar-refractivity contribution in [3.05, 3.63) is 39.3 Å². The van der Waals surface area contributed by atoms with Crippen LogP contribution < -0.4 is 5.73 Å². The van der Waals surface area contributed by atoms with Crippen LogP contribution in [0.1, 0.15) is 10.4 Å². The molecule has 0 aliphatic rings. The van der Waals surface area contributed by atoms with E-state index in [9.17, 15) is 14.9 Å². The molecule has 2 rings (SSSR count).